The molecule has 108 valence electrons. The second-order valence-electron chi connectivity index (χ2n) is 4.71. The van der Waals surface area contributed by atoms with Gasteiger partial charge < -0.3 is 11.5 Å². The van der Waals surface area contributed by atoms with Crippen molar-refractivity contribution in [2.24, 2.45) is 16.5 Å². The van der Waals surface area contributed by atoms with Crippen LogP contribution < -0.4 is 11.5 Å². The summed E-state index contributed by atoms with van der Waals surface area (Å²) in [6.45, 7) is 0. The molecule has 0 bridgehead atoms. The molecule has 0 saturated heterocycles. The molecule has 0 saturated carbocycles. The summed E-state index contributed by atoms with van der Waals surface area (Å²) >= 11 is 5.72. The Labute approximate surface area is 119 Å². The maximum absolute atomic E-state index is 12.8. The van der Waals surface area contributed by atoms with Crippen LogP contribution in [-0.2, 0) is 6.42 Å². The molecule has 2 unspecified atom stereocenters. The van der Waals surface area contributed by atoms with Crippen molar-refractivity contribution >= 4 is 16.8 Å². The van der Waals surface area contributed by atoms with Crippen molar-refractivity contribution in [3.05, 3.63) is 47.7 Å². The zero-order valence-corrected chi connectivity index (χ0v) is 11.1. The normalized spacial score (nSPS) is 27.0. The number of allylic oxidation sites excluding steroid dienone is 1. The van der Waals surface area contributed by atoms with Crippen LogP contribution in [-0.4, -0.2) is 22.9 Å². The SMILES string of the molecule is NC1C(Cl)=NC(C(F)(F)F)=CC1(N)Cc1ccccc1. The number of hydrogen-bond acceptors (Lipinski definition) is 3. The van der Waals surface area contributed by atoms with Crippen LogP contribution in [0.2, 0.25) is 0 Å². The van der Waals surface area contributed by atoms with E-state index in [9.17, 15) is 13.2 Å². The van der Waals surface area contributed by atoms with E-state index in [4.69, 9.17) is 23.1 Å². The molecule has 0 aliphatic carbocycles. The highest BCUT2D eigenvalue weighted by Crippen LogP contribution is 2.33. The topological polar surface area (TPSA) is 64.4 Å². The van der Waals surface area contributed by atoms with E-state index < -0.39 is 23.5 Å². The summed E-state index contributed by atoms with van der Waals surface area (Å²) in [4.78, 5) is 3.28. The molecule has 0 fully saturated rings. The Morgan fingerprint density at radius 3 is 2.40 bits per heavy atom. The molecule has 0 amide bonds. The number of nitrogens with two attached hydrogens (primary N) is 2. The van der Waals surface area contributed by atoms with E-state index in [0.29, 0.717) is 0 Å². The highest BCUT2D eigenvalue weighted by atomic mass is 35.5. The zero-order chi connectivity index (χ0) is 15.0. The fourth-order valence-electron chi connectivity index (χ4n) is 2.04. The lowest BCUT2D eigenvalue weighted by Gasteiger charge is -2.35. The third kappa shape index (κ3) is 3.03. The lowest BCUT2D eigenvalue weighted by Crippen LogP contribution is -2.60. The van der Waals surface area contributed by atoms with Crippen molar-refractivity contribution in [1.82, 2.24) is 0 Å². The summed E-state index contributed by atoms with van der Waals surface area (Å²) in [5, 5.41) is -0.335. The lowest BCUT2D eigenvalue weighted by molar-refractivity contribution is -0.0932. The third-order valence-corrected chi connectivity index (χ3v) is 3.43. The Bertz CT molecular complexity index is 554. The highest BCUT2D eigenvalue weighted by molar-refractivity contribution is 6.67. The second-order valence-corrected chi connectivity index (χ2v) is 5.10. The molecule has 0 spiro atoms. The Morgan fingerprint density at radius 1 is 1.25 bits per heavy atom. The Kier molecular flexibility index (Phi) is 3.90. The Hall–Kier alpha value is -1.37. The van der Waals surface area contributed by atoms with Crippen LogP contribution in [0.1, 0.15) is 5.56 Å². The van der Waals surface area contributed by atoms with Gasteiger partial charge in [-0.05, 0) is 18.1 Å². The molecule has 1 aromatic rings. The average molecular weight is 304 g/mol. The molecule has 1 heterocycles. The molecule has 2 rings (SSSR count). The van der Waals surface area contributed by atoms with Gasteiger partial charge in [0.2, 0.25) is 0 Å². The largest absolute Gasteiger partial charge is 0.433 e. The summed E-state index contributed by atoms with van der Waals surface area (Å²) < 4.78 is 38.4. The molecule has 1 aliphatic rings. The van der Waals surface area contributed by atoms with Gasteiger partial charge in [0, 0.05) is 0 Å². The highest BCUT2D eigenvalue weighted by Gasteiger charge is 2.44. The van der Waals surface area contributed by atoms with Gasteiger partial charge in [-0.3, -0.25) is 0 Å². The number of rotatable bonds is 2. The fraction of sp³-hybridized carbons (Fsp3) is 0.308. The molecule has 1 aliphatic heterocycles. The minimum Gasteiger partial charge on any atom is -0.320 e. The molecule has 20 heavy (non-hydrogen) atoms. The zero-order valence-electron chi connectivity index (χ0n) is 10.4. The van der Waals surface area contributed by atoms with Crippen molar-refractivity contribution in [3.63, 3.8) is 0 Å². The summed E-state index contributed by atoms with van der Waals surface area (Å²) in [5.41, 5.74) is 10.1. The average Bonchev–Trinajstić information content (AvgIpc) is 2.35. The number of halogens is 4. The van der Waals surface area contributed by atoms with Crippen molar-refractivity contribution < 1.29 is 13.2 Å². The fourth-order valence-corrected chi connectivity index (χ4v) is 2.33. The van der Waals surface area contributed by atoms with Crippen molar-refractivity contribution in [3.8, 4) is 0 Å². The van der Waals surface area contributed by atoms with Crippen molar-refractivity contribution in [2.75, 3.05) is 0 Å². The van der Waals surface area contributed by atoms with Crippen molar-refractivity contribution in [2.45, 2.75) is 24.2 Å². The lowest BCUT2D eigenvalue weighted by atomic mass is 9.83. The number of hydrogen-bond donors (Lipinski definition) is 2. The molecule has 4 N–H and O–H groups in total. The van der Waals surface area contributed by atoms with Crippen molar-refractivity contribution in [1.29, 1.82) is 0 Å². The van der Waals surface area contributed by atoms with Gasteiger partial charge in [-0.2, -0.15) is 13.2 Å². The van der Waals surface area contributed by atoms with Crippen LogP contribution in [0.4, 0.5) is 13.2 Å². The smallest absolute Gasteiger partial charge is 0.320 e. The van der Waals surface area contributed by atoms with Crippen LogP contribution in [0.5, 0.6) is 0 Å². The van der Waals surface area contributed by atoms with Crippen LogP contribution in [0.25, 0.3) is 0 Å². The Balaban J connectivity index is 2.38. The molecule has 0 aromatic heterocycles. The van der Waals surface area contributed by atoms with E-state index in [0.717, 1.165) is 11.6 Å². The van der Waals surface area contributed by atoms with Gasteiger partial charge >= 0.3 is 6.18 Å². The van der Waals surface area contributed by atoms with E-state index in [-0.39, 0.29) is 11.6 Å². The summed E-state index contributed by atoms with van der Waals surface area (Å²) in [5.74, 6) is 0. The number of nitrogens with zero attached hydrogens (tertiary/aromatic N) is 1. The van der Waals surface area contributed by atoms with Gasteiger partial charge in [0.05, 0.1) is 11.6 Å². The first-order chi connectivity index (χ1) is 9.22. The van der Waals surface area contributed by atoms with Crippen LogP contribution in [0.3, 0.4) is 0 Å². The monoisotopic (exact) mass is 303 g/mol. The van der Waals surface area contributed by atoms with Crippen LogP contribution in [0.15, 0.2) is 47.1 Å². The van der Waals surface area contributed by atoms with Gasteiger partial charge in [-0.15, -0.1) is 0 Å². The number of alkyl halides is 3. The quantitative estimate of drug-likeness (QED) is 0.881. The van der Waals surface area contributed by atoms with Gasteiger partial charge in [0.1, 0.15) is 10.9 Å². The van der Waals surface area contributed by atoms with Gasteiger partial charge in [0.25, 0.3) is 0 Å². The second kappa shape index (κ2) is 5.20. The molecular weight excluding hydrogens is 291 g/mol. The van der Waals surface area contributed by atoms with E-state index >= 15 is 0 Å². The molecule has 7 heteroatoms. The predicted molar refractivity (Wildman–Crippen MR) is 72.5 cm³/mol. The third-order valence-electron chi connectivity index (χ3n) is 3.11. The first-order valence-electron chi connectivity index (χ1n) is 5.85. The Morgan fingerprint density at radius 2 is 1.85 bits per heavy atom. The number of benzene rings is 1. The summed E-state index contributed by atoms with van der Waals surface area (Å²) in [7, 11) is 0. The van der Waals surface area contributed by atoms with E-state index in [2.05, 4.69) is 4.99 Å². The first-order valence-corrected chi connectivity index (χ1v) is 6.23. The standard InChI is InChI=1S/C13H13ClF3N3/c14-11-10(18)12(19,6-8-4-2-1-3-5-8)7-9(20-11)13(15,16)17/h1-5,7,10H,6,18-19H2. The van der Waals surface area contributed by atoms with Gasteiger partial charge in [-0.1, -0.05) is 41.9 Å². The summed E-state index contributed by atoms with van der Waals surface area (Å²) in [6, 6.07) is 7.91. The van der Waals surface area contributed by atoms with E-state index in [1.54, 1.807) is 30.3 Å². The number of aliphatic imine (C=N–C) groups is 1. The molecule has 3 nitrogen and oxygen atoms in total. The summed E-state index contributed by atoms with van der Waals surface area (Å²) in [6.07, 6.45) is -3.61. The minimum atomic E-state index is -4.61. The molecule has 2 atom stereocenters. The van der Waals surface area contributed by atoms with E-state index in [1.165, 1.54) is 0 Å². The molecule has 1 aromatic carbocycles. The molecular formula is C13H13ClF3N3. The maximum atomic E-state index is 12.8. The van der Waals surface area contributed by atoms with Gasteiger partial charge in [0.15, 0.2) is 0 Å². The molecule has 0 radical (unpaired) electrons. The van der Waals surface area contributed by atoms with E-state index in [1.807, 2.05) is 0 Å². The van der Waals surface area contributed by atoms with Crippen LogP contribution in [0, 0.1) is 0 Å². The van der Waals surface area contributed by atoms with Crippen LogP contribution >= 0.6 is 11.6 Å². The minimum absolute atomic E-state index is 0.139. The predicted octanol–water partition coefficient (Wildman–Crippen LogP) is 2.35. The maximum Gasteiger partial charge on any atom is 0.433 e. The van der Waals surface area contributed by atoms with Gasteiger partial charge in [-0.25, -0.2) is 4.99 Å². The first kappa shape index (κ1) is 15.0.